The first-order valence-electron chi connectivity index (χ1n) is 11.7. The van der Waals surface area contributed by atoms with Crippen molar-refractivity contribution in [2.45, 2.75) is 40.0 Å². The lowest BCUT2D eigenvalue weighted by Gasteiger charge is -2.08. The third-order valence-corrected chi connectivity index (χ3v) is 6.84. The zero-order chi connectivity index (χ0) is 24.8. The highest BCUT2D eigenvalue weighted by atomic mass is 32.1. The van der Waals surface area contributed by atoms with Gasteiger partial charge < -0.3 is 24.3 Å². The summed E-state index contributed by atoms with van der Waals surface area (Å²) in [6.07, 6.45) is 2.62. The van der Waals surface area contributed by atoms with E-state index in [1.807, 2.05) is 25.1 Å². The van der Waals surface area contributed by atoms with Crippen LogP contribution in [0.5, 0.6) is 17.2 Å². The Morgan fingerprint density at radius 2 is 1.83 bits per heavy atom. The number of benzene rings is 2. The van der Waals surface area contributed by atoms with Crippen molar-refractivity contribution in [3.05, 3.63) is 69.6 Å². The lowest BCUT2D eigenvalue weighted by atomic mass is 10.1. The Labute approximate surface area is 209 Å². The Kier molecular flexibility index (Phi) is 7.92. The zero-order valence-electron chi connectivity index (χ0n) is 20.1. The molecule has 1 N–H and O–H groups in total. The molecule has 1 aromatic heterocycles. The standard InChI is InChI=1S/C27H29NO6S/c1-4-6-13-32-20-10-8-19(9-11-20)25(29)28-26-24(27(30)31-5-2)17(3)23(35-26)15-18-7-12-21-22(14-18)34-16-33-21/h7-12,14H,4-6,13,15-16H2,1-3H3,(H,28,29). The summed E-state index contributed by atoms with van der Waals surface area (Å²) in [7, 11) is 0. The predicted octanol–water partition coefficient (Wildman–Crippen LogP) is 5.98. The molecule has 0 unspecified atom stereocenters. The van der Waals surface area contributed by atoms with E-state index in [1.165, 1.54) is 11.3 Å². The summed E-state index contributed by atoms with van der Waals surface area (Å²) in [5, 5.41) is 3.40. The van der Waals surface area contributed by atoms with E-state index >= 15 is 0 Å². The van der Waals surface area contributed by atoms with Crippen LogP contribution in [-0.4, -0.2) is 31.9 Å². The van der Waals surface area contributed by atoms with E-state index in [9.17, 15) is 9.59 Å². The number of hydrogen-bond acceptors (Lipinski definition) is 7. The molecule has 4 rings (SSSR count). The Morgan fingerprint density at radius 1 is 1.06 bits per heavy atom. The van der Waals surface area contributed by atoms with Gasteiger partial charge in [0.15, 0.2) is 11.5 Å². The lowest BCUT2D eigenvalue weighted by molar-refractivity contribution is 0.0527. The molecule has 0 saturated heterocycles. The molecule has 7 nitrogen and oxygen atoms in total. The van der Waals surface area contributed by atoms with Crippen LogP contribution >= 0.6 is 11.3 Å². The molecule has 2 aromatic carbocycles. The highest BCUT2D eigenvalue weighted by Gasteiger charge is 2.24. The quantitative estimate of drug-likeness (QED) is 0.275. The van der Waals surface area contributed by atoms with Crippen LogP contribution in [0.25, 0.3) is 0 Å². The summed E-state index contributed by atoms with van der Waals surface area (Å²) < 4.78 is 21.8. The van der Waals surface area contributed by atoms with Crippen molar-refractivity contribution in [3.8, 4) is 17.2 Å². The molecule has 184 valence electrons. The molecule has 0 saturated carbocycles. The molecule has 0 aliphatic carbocycles. The predicted molar refractivity (Wildman–Crippen MR) is 135 cm³/mol. The largest absolute Gasteiger partial charge is 0.494 e. The molecule has 8 heteroatoms. The summed E-state index contributed by atoms with van der Waals surface area (Å²) in [4.78, 5) is 26.7. The van der Waals surface area contributed by atoms with Gasteiger partial charge >= 0.3 is 5.97 Å². The molecule has 0 atom stereocenters. The first kappa shape index (κ1) is 24.6. The van der Waals surface area contributed by atoms with E-state index < -0.39 is 5.97 Å². The van der Waals surface area contributed by atoms with E-state index in [2.05, 4.69) is 12.2 Å². The zero-order valence-corrected chi connectivity index (χ0v) is 21.0. The Balaban J connectivity index is 1.55. The number of nitrogens with one attached hydrogen (secondary N) is 1. The minimum Gasteiger partial charge on any atom is -0.494 e. The van der Waals surface area contributed by atoms with Gasteiger partial charge in [0.25, 0.3) is 5.91 Å². The molecule has 35 heavy (non-hydrogen) atoms. The number of thiophene rings is 1. The van der Waals surface area contributed by atoms with Gasteiger partial charge in [0, 0.05) is 16.9 Å². The number of carbonyl (C=O) groups is 2. The van der Waals surface area contributed by atoms with E-state index in [0.717, 1.165) is 40.3 Å². The number of fused-ring (bicyclic) bond motifs is 1. The van der Waals surface area contributed by atoms with E-state index in [4.69, 9.17) is 18.9 Å². The highest BCUT2D eigenvalue weighted by Crippen LogP contribution is 2.38. The summed E-state index contributed by atoms with van der Waals surface area (Å²) in [6, 6.07) is 12.8. The molecule has 0 fully saturated rings. The van der Waals surface area contributed by atoms with Crippen LogP contribution in [0.15, 0.2) is 42.5 Å². The van der Waals surface area contributed by atoms with Crippen molar-refractivity contribution in [1.29, 1.82) is 0 Å². The van der Waals surface area contributed by atoms with Crippen molar-refractivity contribution >= 4 is 28.2 Å². The van der Waals surface area contributed by atoms with Gasteiger partial charge in [-0.1, -0.05) is 19.4 Å². The number of amides is 1. The van der Waals surface area contributed by atoms with E-state index in [1.54, 1.807) is 31.2 Å². The number of hydrogen-bond donors (Lipinski definition) is 1. The average Bonchev–Trinajstić information content (AvgIpc) is 3.43. The maximum atomic E-state index is 13.0. The maximum absolute atomic E-state index is 13.0. The minimum atomic E-state index is -0.451. The van der Waals surface area contributed by atoms with Gasteiger partial charge in [0.2, 0.25) is 6.79 Å². The van der Waals surface area contributed by atoms with Crippen molar-refractivity contribution in [1.82, 2.24) is 0 Å². The van der Waals surface area contributed by atoms with Gasteiger partial charge in [0.05, 0.1) is 18.8 Å². The van der Waals surface area contributed by atoms with Crippen molar-refractivity contribution in [3.63, 3.8) is 0 Å². The monoisotopic (exact) mass is 495 g/mol. The molecule has 0 radical (unpaired) electrons. The number of ether oxygens (including phenoxy) is 4. The second-order valence-electron chi connectivity index (χ2n) is 8.12. The minimum absolute atomic E-state index is 0.214. The van der Waals surface area contributed by atoms with Gasteiger partial charge in [-0.3, -0.25) is 4.79 Å². The van der Waals surface area contributed by atoms with Gasteiger partial charge in [-0.15, -0.1) is 11.3 Å². The second-order valence-corrected chi connectivity index (χ2v) is 9.22. The number of anilines is 1. The molecule has 1 aliphatic heterocycles. The fourth-order valence-electron chi connectivity index (χ4n) is 3.71. The van der Waals surface area contributed by atoms with Crippen molar-refractivity contribution < 1.29 is 28.5 Å². The van der Waals surface area contributed by atoms with Crippen molar-refractivity contribution in [2.75, 3.05) is 25.3 Å². The smallest absolute Gasteiger partial charge is 0.341 e. The lowest BCUT2D eigenvalue weighted by Crippen LogP contribution is -2.14. The second kappa shape index (κ2) is 11.3. The Hall–Kier alpha value is -3.52. The summed E-state index contributed by atoms with van der Waals surface area (Å²) >= 11 is 1.38. The van der Waals surface area contributed by atoms with Crippen LogP contribution in [0.4, 0.5) is 5.00 Å². The first-order chi connectivity index (χ1) is 17.0. The summed E-state index contributed by atoms with van der Waals surface area (Å²) in [6.45, 7) is 6.85. The fourth-order valence-corrected chi connectivity index (χ4v) is 4.94. The molecule has 0 bridgehead atoms. The Morgan fingerprint density at radius 3 is 2.57 bits per heavy atom. The normalized spacial score (nSPS) is 11.9. The molecular weight excluding hydrogens is 466 g/mol. The fraction of sp³-hybridized carbons (Fsp3) is 0.333. The number of rotatable bonds is 10. The van der Waals surface area contributed by atoms with Crippen molar-refractivity contribution in [2.24, 2.45) is 0 Å². The van der Waals surface area contributed by atoms with Crippen LogP contribution in [0.1, 0.15) is 63.4 Å². The first-order valence-corrected chi connectivity index (χ1v) is 12.5. The molecule has 0 spiro atoms. The van der Waals surface area contributed by atoms with Crippen LogP contribution < -0.4 is 19.5 Å². The molecule has 1 aliphatic rings. The van der Waals surface area contributed by atoms with Gasteiger partial charge in [-0.05, 0) is 67.8 Å². The van der Waals surface area contributed by atoms with E-state index in [-0.39, 0.29) is 19.3 Å². The number of unbranched alkanes of at least 4 members (excludes halogenated alkanes) is 1. The van der Waals surface area contributed by atoms with Crippen LogP contribution in [0.2, 0.25) is 0 Å². The van der Waals surface area contributed by atoms with Gasteiger partial charge in [0.1, 0.15) is 10.8 Å². The molecular formula is C27H29NO6S. The SMILES string of the molecule is CCCCOc1ccc(C(=O)Nc2sc(Cc3ccc4c(c3)OCO4)c(C)c2C(=O)OCC)cc1. The summed E-state index contributed by atoms with van der Waals surface area (Å²) in [5.41, 5.74) is 2.68. The topological polar surface area (TPSA) is 83.1 Å². The van der Waals surface area contributed by atoms with Gasteiger partial charge in [-0.25, -0.2) is 4.79 Å². The van der Waals surface area contributed by atoms with Gasteiger partial charge in [-0.2, -0.15) is 0 Å². The number of carbonyl (C=O) groups excluding carboxylic acids is 2. The number of esters is 1. The molecule has 1 amide bonds. The highest BCUT2D eigenvalue weighted by molar-refractivity contribution is 7.17. The summed E-state index contributed by atoms with van der Waals surface area (Å²) in [5.74, 6) is 1.40. The average molecular weight is 496 g/mol. The molecule has 2 heterocycles. The third-order valence-electron chi connectivity index (χ3n) is 5.64. The van der Waals surface area contributed by atoms with Crippen LogP contribution in [0, 0.1) is 6.92 Å². The third kappa shape index (κ3) is 5.77. The van der Waals surface area contributed by atoms with Crippen LogP contribution in [-0.2, 0) is 11.2 Å². The molecule has 3 aromatic rings. The van der Waals surface area contributed by atoms with Crippen LogP contribution in [0.3, 0.4) is 0 Å². The maximum Gasteiger partial charge on any atom is 0.341 e. The Bertz CT molecular complexity index is 1200. The van der Waals surface area contributed by atoms with E-state index in [0.29, 0.717) is 34.9 Å².